The Kier molecular flexibility index (Phi) is 5.85. The van der Waals surface area contributed by atoms with Crippen LogP contribution < -0.4 is 10.6 Å². The van der Waals surface area contributed by atoms with Crippen molar-refractivity contribution in [1.29, 1.82) is 0 Å². The minimum Gasteiger partial charge on any atom is -0.314 e. The lowest BCUT2D eigenvalue weighted by atomic mass is 10.0. The van der Waals surface area contributed by atoms with Gasteiger partial charge in [0.1, 0.15) is 0 Å². The van der Waals surface area contributed by atoms with E-state index in [2.05, 4.69) is 40.3 Å². The van der Waals surface area contributed by atoms with E-state index in [1.807, 2.05) is 0 Å². The van der Waals surface area contributed by atoms with Crippen LogP contribution in [-0.2, 0) is 0 Å². The van der Waals surface area contributed by atoms with E-state index in [9.17, 15) is 0 Å². The zero-order valence-corrected chi connectivity index (χ0v) is 11.5. The first-order chi connectivity index (χ1) is 8.36. The van der Waals surface area contributed by atoms with Gasteiger partial charge in [-0.15, -0.1) is 0 Å². The quantitative estimate of drug-likeness (QED) is 0.387. The first-order valence-corrected chi connectivity index (χ1v) is 7.37. The van der Waals surface area contributed by atoms with Crippen LogP contribution in [0.25, 0.3) is 0 Å². The SMILES string of the molecule is SC1CC=CCC1NCCCN1CCNCC1. The molecule has 0 amide bonds. The number of thiol groups is 1. The van der Waals surface area contributed by atoms with Gasteiger partial charge < -0.3 is 15.5 Å². The Morgan fingerprint density at radius 3 is 2.76 bits per heavy atom. The zero-order valence-electron chi connectivity index (χ0n) is 10.6. The maximum absolute atomic E-state index is 4.63. The molecule has 0 spiro atoms. The second kappa shape index (κ2) is 7.41. The molecule has 1 aliphatic heterocycles. The molecule has 1 aliphatic carbocycles. The molecule has 0 aromatic rings. The molecule has 0 aromatic carbocycles. The van der Waals surface area contributed by atoms with E-state index in [0.29, 0.717) is 11.3 Å². The smallest absolute Gasteiger partial charge is 0.0221 e. The van der Waals surface area contributed by atoms with E-state index in [1.165, 1.54) is 26.1 Å². The average Bonchev–Trinajstić information content (AvgIpc) is 2.38. The van der Waals surface area contributed by atoms with Gasteiger partial charge in [-0.05, 0) is 32.4 Å². The van der Waals surface area contributed by atoms with Crippen LogP contribution in [0.15, 0.2) is 12.2 Å². The lowest BCUT2D eigenvalue weighted by molar-refractivity contribution is 0.236. The van der Waals surface area contributed by atoms with Crippen LogP contribution in [0.3, 0.4) is 0 Å². The Balaban J connectivity index is 1.54. The van der Waals surface area contributed by atoms with Crippen molar-refractivity contribution in [3.8, 4) is 0 Å². The summed E-state index contributed by atoms with van der Waals surface area (Å²) < 4.78 is 0. The lowest BCUT2D eigenvalue weighted by Crippen LogP contribution is -2.45. The molecule has 2 atom stereocenters. The fourth-order valence-electron chi connectivity index (χ4n) is 2.54. The van der Waals surface area contributed by atoms with Crippen molar-refractivity contribution in [3.63, 3.8) is 0 Å². The Bertz CT molecular complexity index is 239. The second-order valence-corrected chi connectivity index (χ2v) is 5.68. The van der Waals surface area contributed by atoms with Crippen molar-refractivity contribution in [2.45, 2.75) is 30.6 Å². The summed E-state index contributed by atoms with van der Waals surface area (Å²) in [6.07, 6.45) is 8.03. The highest BCUT2D eigenvalue weighted by Gasteiger charge is 2.18. The molecule has 98 valence electrons. The fraction of sp³-hybridized carbons (Fsp3) is 0.846. The highest BCUT2D eigenvalue weighted by molar-refractivity contribution is 7.81. The number of hydrogen-bond acceptors (Lipinski definition) is 4. The van der Waals surface area contributed by atoms with Crippen molar-refractivity contribution in [3.05, 3.63) is 12.2 Å². The van der Waals surface area contributed by atoms with Crippen LogP contribution in [0.2, 0.25) is 0 Å². The van der Waals surface area contributed by atoms with E-state index in [0.717, 1.165) is 32.5 Å². The number of piperazine rings is 1. The third kappa shape index (κ3) is 4.62. The molecule has 2 N–H and O–H groups in total. The van der Waals surface area contributed by atoms with Gasteiger partial charge in [0.25, 0.3) is 0 Å². The molecule has 0 saturated carbocycles. The van der Waals surface area contributed by atoms with Gasteiger partial charge in [0.05, 0.1) is 0 Å². The molecule has 2 unspecified atom stereocenters. The summed E-state index contributed by atoms with van der Waals surface area (Å²) in [5, 5.41) is 7.53. The van der Waals surface area contributed by atoms with Gasteiger partial charge in [0.2, 0.25) is 0 Å². The third-order valence-corrected chi connectivity index (χ3v) is 4.24. The van der Waals surface area contributed by atoms with E-state index in [4.69, 9.17) is 0 Å². The van der Waals surface area contributed by atoms with Gasteiger partial charge in [0.15, 0.2) is 0 Å². The number of hydrogen-bond donors (Lipinski definition) is 3. The first-order valence-electron chi connectivity index (χ1n) is 6.86. The molecule has 4 heteroatoms. The summed E-state index contributed by atoms with van der Waals surface area (Å²) in [4.78, 5) is 2.55. The molecule has 0 radical (unpaired) electrons. The molecule has 0 aromatic heterocycles. The van der Waals surface area contributed by atoms with E-state index in [1.54, 1.807) is 0 Å². The van der Waals surface area contributed by atoms with Gasteiger partial charge in [-0.25, -0.2) is 0 Å². The van der Waals surface area contributed by atoms with Gasteiger partial charge >= 0.3 is 0 Å². The Morgan fingerprint density at radius 1 is 1.24 bits per heavy atom. The van der Waals surface area contributed by atoms with Gasteiger partial charge in [0, 0.05) is 37.5 Å². The van der Waals surface area contributed by atoms with Crippen molar-refractivity contribution >= 4 is 12.6 Å². The lowest BCUT2D eigenvalue weighted by Gasteiger charge is -2.28. The molecule has 17 heavy (non-hydrogen) atoms. The summed E-state index contributed by atoms with van der Waals surface area (Å²) >= 11 is 4.63. The van der Waals surface area contributed by atoms with Crippen LogP contribution in [0, 0.1) is 0 Å². The van der Waals surface area contributed by atoms with E-state index >= 15 is 0 Å². The minimum absolute atomic E-state index is 0.499. The van der Waals surface area contributed by atoms with Crippen molar-refractivity contribution < 1.29 is 0 Å². The topological polar surface area (TPSA) is 27.3 Å². The molecule has 1 heterocycles. The summed E-state index contributed by atoms with van der Waals surface area (Å²) in [6, 6.07) is 0.575. The van der Waals surface area contributed by atoms with Crippen LogP contribution in [0.1, 0.15) is 19.3 Å². The second-order valence-electron chi connectivity index (χ2n) is 5.02. The van der Waals surface area contributed by atoms with Gasteiger partial charge in [-0.3, -0.25) is 0 Å². The van der Waals surface area contributed by atoms with Crippen LogP contribution >= 0.6 is 12.6 Å². The largest absolute Gasteiger partial charge is 0.314 e. The third-order valence-electron chi connectivity index (χ3n) is 3.67. The number of allylic oxidation sites excluding steroid dienone is 1. The van der Waals surface area contributed by atoms with E-state index < -0.39 is 0 Å². The van der Waals surface area contributed by atoms with E-state index in [-0.39, 0.29) is 0 Å². The summed E-state index contributed by atoms with van der Waals surface area (Å²) in [6.45, 7) is 7.08. The maximum atomic E-state index is 4.63. The van der Waals surface area contributed by atoms with Crippen LogP contribution in [-0.4, -0.2) is 55.5 Å². The standard InChI is InChI=1S/C13H25N3S/c17-13-5-2-1-4-12(13)15-6-3-9-16-10-7-14-8-11-16/h1-2,12-15,17H,3-11H2. The fourth-order valence-corrected chi connectivity index (χ4v) is 2.89. The maximum Gasteiger partial charge on any atom is 0.0221 e. The predicted octanol–water partition coefficient (Wildman–Crippen LogP) is 0.888. The van der Waals surface area contributed by atoms with Crippen molar-refractivity contribution in [2.75, 3.05) is 39.3 Å². The molecule has 1 saturated heterocycles. The molecule has 2 rings (SSSR count). The Hall–Kier alpha value is -0.0300. The Morgan fingerprint density at radius 2 is 2.00 bits per heavy atom. The van der Waals surface area contributed by atoms with Crippen LogP contribution in [0.5, 0.6) is 0 Å². The minimum atomic E-state index is 0.499. The van der Waals surface area contributed by atoms with Gasteiger partial charge in [-0.2, -0.15) is 12.6 Å². The molecule has 2 aliphatic rings. The molecule has 3 nitrogen and oxygen atoms in total. The summed E-state index contributed by atoms with van der Waals surface area (Å²) in [5.41, 5.74) is 0. The predicted molar refractivity (Wildman–Crippen MR) is 76.9 cm³/mol. The number of rotatable bonds is 5. The summed E-state index contributed by atoms with van der Waals surface area (Å²) in [5.74, 6) is 0. The highest BCUT2D eigenvalue weighted by Crippen LogP contribution is 2.16. The van der Waals surface area contributed by atoms with Crippen molar-refractivity contribution in [2.24, 2.45) is 0 Å². The van der Waals surface area contributed by atoms with Crippen molar-refractivity contribution in [1.82, 2.24) is 15.5 Å². The normalized spacial score (nSPS) is 30.6. The molecular weight excluding hydrogens is 230 g/mol. The molecule has 1 fully saturated rings. The molecular formula is C13H25N3S. The monoisotopic (exact) mass is 255 g/mol. The summed E-state index contributed by atoms with van der Waals surface area (Å²) in [7, 11) is 0. The molecule has 0 bridgehead atoms. The zero-order chi connectivity index (χ0) is 11.9. The van der Waals surface area contributed by atoms with Gasteiger partial charge in [-0.1, -0.05) is 12.2 Å². The highest BCUT2D eigenvalue weighted by atomic mass is 32.1. The number of nitrogens with zero attached hydrogens (tertiary/aromatic N) is 1. The number of nitrogens with one attached hydrogen (secondary N) is 2. The van der Waals surface area contributed by atoms with Crippen LogP contribution in [0.4, 0.5) is 0 Å². The average molecular weight is 255 g/mol. The Labute approximate surface area is 110 Å². The first kappa shape index (κ1) is 13.4.